The van der Waals surface area contributed by atoms with Crippen LogP contribution in [0.2, 0.25) is 5.15 Å². The minimum atomic E-state index is -0.605. The Morgan fingerprint density at radius 2 is 1.83 bits per heavy atom. The van der Waals surface area contributed by atoms with Gasteiger partial charge in [0.2, 0.25) is 11.8 Å². The highest BCUT2D eigenvalue weighted by Crippen LogP contribution is 2.43. The van der Waals surface area contributed by atoms with E-state index in [4.69, 9.17) is 20.9 Å². The van der Waals surface area contributed by atoms with Crippen LogP contribution in [0.3, 0.4) is 0 Å². The molecule has 1 N–H and O–H groups in total. The van der Waals surface area contributed by atoms with Crippen molar-refractivity contribution in [3.63, 3.8) is 0 Å². The monoisotopic (exact) mass is 577 g/mol. The van der Waals surface area contributed by atoms with E-state index in [-0.39, 0.29) is 46.9 Å². The molecule has 6 rings (SSSR count). The third-order valence-corrected chi connectivity index (χ3v) is 9.24. The molecule has 2 amide bonds. The van der Waals surface area contributed by atoms with E-state index in [2.05, 4.69) is 15.4 Å². The number of hydrogen-bond acceptors (Lipinski definition) is 7. The molecule has 3 aromatic rings. The fourth-order valence-corrected chi connectivity index (χ4v) is 6.44. The number of anilines is 1. The first-order chi connectivity index (χ1) is 19.3. The molecule has 1 aromatic carbocycles. The number of piperidine rings is 1. The lowest BCUT2D eigenvalue weighted by Crippen LogP contribution is -2.52. The fourth-order valence-electron chi connectivity index (χ4n) is 6.28. The van der Waals surface area contributed by atoms with Crippen LogP contribution in [0.15, 0.2) is 36.4 Å². The molecule has 4 heterocycles. The van der Waals surface area contributed by atoms with Crippen LogP contribution < -0.4 is 10.8 Å². The average molecular weight is 578 g/mol. The minimum absolute atomic E-state index is 0.0142. The summed E-state index contributed by atoms with van der Waals surface area (Å²) in [5, 5.41) is 8.28. The lowest BCUT2D eigenvalue weighted by Gasteiger charge is -2.34. The first-order valence-electron chi connectivity index (χ1n) is 14.0. The topological polar surface area (TPSA) is 116 Å². The van der Waals surface area contributed by atoms with Crippen LogP contribution in [0, 0.1) is 5.92 Å². The predicted molar refractivity (Wildman–Crippen MR) is 155 cm³/mol. The van der Waals surface area contributed by atoms with Gasteiger partial charge in [0.25, 0.3) is 0 Å². The van der Waals surface area contributed by atoms with E-state index in [0.29, 0.717) is 16.7 Å². The molecule has 214 valence electrons. The smallest absolute Gasteiger partial charge is 0.399 e. The Morgan fingerprint density at radius 3 is 2.51 bits per heavy atom. The third kappa shape index (κ3) is 4.83. The van der Waals surface area contributed by atoms with Gasteiger partial charge in [-0.25, -0.2) is 4.98 Å². The molecule has 41 heavy (non-hydrogen) atoms. The number of rotatable bonds is 6. The van der Waals surface area contributed by atoms with Crippen molar-refractivity contribution in [3.8, 4) is 0 Å². The van der Waals surface area contributed by atoms with Crippen molar-refractivity contribution in [2.75, 3.05) is 5.32 Å². The number of fused-ring (bicyclic) bond motifs is 3. The quantitative estimate of drug-likeness (QED) is 0.270. The number of aromatic nitrogens is 3. The predicted octanol–water partition coefficient (Wildman–Crippen LogP) is 3.60. The zero-order chi connectivity index (χ0) is 29.3. The molecule has 2 aliphatic heterocycles. The fraction of sp³-hybridized carbons (Fsp3) is 0.483. The van der Waals surface area contributed by atoms with Crippen molar-refractivity contribution >= 4 is 58.5 Å². The lowest BCUT2D eigenvalue weighted by molar-refractivity contribution is -0.141. The second-order valence-electron chi connectivity index (χ2n) is 12.2. The molecule has 2 saturated heterocycles. The number of Topliss-reactive ketones (excluding diaryl/α,β-unsaturated/α-hetero) is 1. The van der Waals surface area contributed by atoms with E-state index in [0.717, 1.165) is 24.7 Å². The van der Waals surface area contributed by atoms with Gasteiger partial charge in [-0.05, 0) is 76.5 Å². The van der Waals surface area contributed by atoms with Gasteiger partial charge in [-0.15, -0.1) is 0 Å². The van der Waals surface area contributed by atoms with Crippen LogP contribution >= 0.6 is 11.6 Å². The summed E-state index contributed by atoms with van der Waals surface area (Å²) in [5.41, 5.74) is 0.682. The maximum absolute atomic E-state index is 13.8. The summed E-state index contributed by atoms with van der Waals surface area (Å²) in [4.78, 5) is 45.6. The lowest BCUT2D eigenvalue weighted by atomic mass is 9.78. The maximum Gasteiger partial charge on any atom is 0.494 e. The van der Waals surface area contributed by atoms with Gasteiger partial charge >= 0.3 is 7.12 Å². The van der Waals surface area contributed by atoms with Crippen molar-refractivity contribution < 1.29 is 23.7 Å². The molecule has 3 atom stereocenters. The number of carbonyl (C=O) groups is 3. The summed E-state index contributed by atoms with van der Waals surface area (Å²) >= 11 is 5.99. The van der Waals surface area contributed by atoms with E-state index in [1.807, 2.05) is 45.9 Å². The van der Waals surface area contributed by atoms with Crippen molar-refractivity contribution in [1.29, 1.82) is 0 Å². The third-order valence-electron chi connectivity index (χ3n) is 9.03. The summed E-state index contributed by atoms with van der Waals surface area (Å²) in [6.45, 7) is 9.31. The average Bonchev–Trinajstić information content (AvgIpc) is 3.65. The molecule has 3 fully saturated rings. The van der Waals surface area contributed by atoms with Gasteiger partial charge in [-0.1, -0.05) is 29.8 Å². The molecular formula is C29H33BClN5O5. The van der Waals surface area contributed by atoms with E-state index in [1.54, 1.807) is 27.8 Å². The zero-order valence-electron chi connectivity index (χ0n) is 23.8. The maximum atomic E-state index is 13.8. The van der Waals surface area contributed by atoms with Crippen LogP contribution in [-0.2, 0) is 25.4 Å². The van der Waals surface area contributed by atoms with Crippen molar-refractivity contribution in [2.24, 2.45) is 5.92 Å². The number of benzene rings is 1. The van der Waals surface area contributed by atoms with Crippen molar-refractivity contribution in [3.05, 3.63) is 47.2 Å². The first kappa shape index (κ1) is 27.9. The van der Waals surface area contributed by atoms with Gasteiger partial charge in [0, 0.05) is 18.4 Å². The Labute approximate surface area is 243 Å². The summed E-state index contributed by atoms with van der Waals surface area (Å²) in [6.07, 6.45) is 2.52. The summed E-state index contributed by atoms with van der Waals surface area (Å²) < 4.78 is 14.0. The highest BCUT2D eigenvalue weighted by molar-refractivity contribution is 6.62. The van der Waals surface area contributed by atoms with Gasteiger partial charge in [0.05, 0.1) is 16.7 Å². The number of amides is 2. The van der Waals surface area contributed by atoms with Crippen LogP contribution in [0.5, 0.6) is 0 Å². The second kappa shape index (κ2) is 9.92. The number of hydrogen-bond donors (Lipinski definition) is 1. The Hall–Kier alpha value is -3.28. The van der Waals surface area contributed by atoms with Crippen molar-refractivity contribution in [2.45, 2.75) is 83.7 Å². The minimum Gasteiger partial charge on any atom is -0.399 e. The van der Waals surface area contributed by atoms with E-state index >= 15 is 0 Å². The molecule has 0 radical (unpaired) electrons. The molecule has 1 aliphatic carbocycles. The molecule has 0 spiro atoms. The van der Waals surface area contributed by atoms with Gasteiger partial charge in [0.1, 0.15) is 29.3 Å². The Bertz CT molecular complexity index is 1560. The zero-order valence-corrected chi connectivity index (χ0v) is 24.6. The largest absolute Gasteiger partial charge is 0.494 e. The van der Waals surface area contributed by atoms with Crippen LogP contribution in [0.4, 0.5) is 5.82 Å². The highest BCUT2D eigenvalue weighted by Gasteiger charge is 2.52. The van der Waals surface area contributed by atoms with E-state index in [9.17, 15) is 14.4 Å². The number of halogens is 1. The van der Waals surface area contributed by atoms with Gasteiger partial charge in [-0.3, -0.25) is 19.1 Å². The second-order valence-corrected chi connectivity index (χ2v) is 12.6. The van der Waals surface area contributed by atoms with Gasteiger partial charge in [0.15, 0.2) is 5.78 Å². The number of carbonyl (C=O) groups excluding carboxylic acids is 3. The number of nitrogens with one attached hydrogen (secondary N) is 1. The van der Waals surface area contributed by atoms with Crippen LogP contribution in [-0.4, -0.2) is 67.7 Å². The van der Waals surface area contributed by atoms with E-state index < -0.39 is 24.4 Å². The molecular weight excluding hydrogens is 545 g/mol. The first-order valence-corrected chi connectivity index (χ1v) is 14.3. The normalized spacial score (nSPS) is 24.3. The summed E-state index contributed by atoms with van der Waals surface area (Å²) in [6, 6.07) is 9.96. The molecule has 2 bridgehead atoms. The number of nitrogens with zero attached hydrogens (tertiary/aromatic N) is 4. The SMILES string of the molecule is CC(=O)c1nn(CC(=O)N2C3CCC(C3)C2C(=O)Nc2cccc(Cl)n2)c2ccc(B3OC(C)(C)C(C)(C)O3)cc12. The van der Waals surface area contributed by atoms with Crippen LogP contribution in [0.1, 0.15) is 64.4 Å². The summed E-state index contributed by atoms with van der Waals surface area (Å²) in [5.74, 6) is -0.278. The number of ketones is 1. The standard InChI is InChI=1S/C29H33BClN5O5/c1-16(37)25-20-14-18(30-40-28(2,3)29(4,5)41-30)10-12-21(20)35(34-25)15-24(38)36-19-11-9-17(13-19)26(36)27(39)33-23-8-6-7-22(31)32-23/h6-8,10,12,14,17,19,26H,9,11,13,15H2,1-5H3,(H,32,33,39). The molecule has 1 saturated carbocycles. The molecule has 10 nitrogen and oxygen atoms in total. The van der Waals surface area contributed by atoms with Gasteiger partial charge in [-0.2, -0.15) is 5.10 Å². The molecule has 3 unspecified atom stereocenters. The number of likely N-dealkylation sites (tertiary alicyclic amines) is 1. The number of pyridine rings is 1. The van der Waals surface area contributed by atoms with Gasteiger partial charge < -0.3 is 19.5 Å². The highest BCUT2D eigenvalue weighted by atomic mass is 35.5. The Kier molecular flexibility index (Phi) is 6.75. The Morgan fingerprint density at radius 1 is 1.10 bits per heavy atom. The summed E-state index contributed by atoms with van der Waals surface area (Å²) in [7, 11) is -0.595. The molecule has 12 heteroatoms. The Balaban J connectivity index is 1.27. The van der Waals surface area contributed by atoms with Crippen LogP contribution in [0.25, 0.3) is 10.9 Å². The van der Waals surface area contributed by atoms with E-state index in [1.165, 1.54) is 6.92 Å². The molecule has 2 aromatic heterocycles. The van der Waals surface area contributed by atoms with Crippen molar-refractivity contribution in [1.82, 2.24) is 19.7 Å². The molecule has 3 aliphatic rings.